The van der Waals surface area contributed by atoms with Gasteiger partial charge in [-0.15, -0.1) is 10.2 Å². The summed E-state index contributed by atoms with van der Waals surface area (Å²) < 4.78 is 40.9. The maximum atomic E-state index is 13.8. The highest BCUT2D eigenvalue weighted by molar-refractivity contribution is 8.00. The summed E-state index contributed by atoms with van der Waals surface area (Å²) in [5.41, 5.74) is 1.42. The second kappa shape index (κ2) is 10.5. The molecule has 1 N–H and O–H groups in total. The molecule has 0 radical (unpaired) electrons. The number of hydrogen-bond donors (Lipinski definition) is 1. The minimum atomic E-state index is -2.52. The van der Waals surface area contributed by atoms with Crippen LogP contribution < -0.4 is 5.32 Å². The van der Waals surface area contributed by atoms with Crippen molar-refractivity contribution >= 4 is 35.1 Å². The lowest BCUT2D eigenvalue weighted by atomic mass is 10.2. The summed E-state index contributed by atoms with van der Waals surface area (Å²) in [5.74, 6) is -3.02. The first kappa shape index (κ1) is 22.9. The van der Waals surface area contributed by atoms with E-state index in [0.29, 0.717) is 38.9 Å². The molecule has 0 bridgehead atoms. The van der Waals surface area contributed by atoms with Gasteiger partial charge in [-0.25, -0.2) is 4.39 Å². The molecular weight excluding hydrogens is 471 g/mol. The molecule has 0 saturated heterocycles. The predicted octanol–water partition coefficient (Wildman–Crippen LogP) is 5.51. The van der Waals surface area contributed by atoms with Gasteiger partial charge in [0.25, 0.3) is 5.76 Å². The Hall–Kier alpha value is -3.31. The van der Waals surface area contributed by atoms with Gasteiger partial charge < -0.3 is 5.32 Å². The van der Waals surface area contributed by atoms with Gasteiger partial charge in [0.05, 0.1) is 11.4 Å². The number of alkyl halides is 2. The van der Waals surface area contributed by atoms with Crippen LogP contribution in [0.5, 0.6) is 0 Å². The van der Waals surface area contributed by atoms with Crippen LogP contribution in [0, 0.1) is 5.82 Å². The Morgan fingerprint density at radius 2 is 1.82 bits per heavy atom. The highest BCUT2D eigenvalue weighted by atomic mass is 32.2. The first-order valence-corrected chi connectivity index (χ1v) is 11.5. The third kappa shape index (κ3) is 5.74. The van der Waals surface area contributed by atoms with E-state index in [9.17, 15) is 18.0 Å². The van der Waals surface area contributed by atoms with E-state index in [4.69, 9.17) is 0 Å². The van der Waals surface area contributed by atoms with E-state index < -0.39 is 17.5 Å². The molecule has 0 saturated carbocycles. The molecule has 0 aliphatic carbocycles. The molecule has 0 aliphatic rings. The van der Waals surface area contributed by atoms with Crippen LogP contribution in [0.4, 0.5) is 18.9 Å². The van der Waals surface area contributed by atoms with Crippen molar-refractivity contribution in [3.63, 3.8) is 0 Å². The summed E-state index contributed by atoms with van der Waals surface area (Å²) in [6.07, 6.45) is 3.25. The Labute approximate surface area is 195 Å². The van der Waals surface area contributed by atoms with E-state index in [2.05, 4.69) is 20.5 Å². The van der Waals surface area contributed by atoms with Crippen molar-refractivity contribution in [3.05, 3.63) is 78.9 Å². The predicted molar refractivity (Wildman–Crippen MR) is 122 cm³/mol. The summed E-state index contributed by atoms with van der Waals surface area (Å²) in [5, 5.41) is 11.4. The zero-order valence-electron chi connectivity index (χ0n) is 16.9. The van der Waals surface area contributed by atoms with Gasteiger partial charge in [0.1, 0.15) is 5.82 Å². The summed E-state index contributed by atoms with van der Waals surface area (Å²) in [6, 6.07) is 16.0. The number of benzene rings is 2. The number of para-hydroxylation sites is 1. The van der Waals surface area contributed by atoms with Crippen molar-refractivity contribution in [2.24, 2.45) is 0 Å². The maximum absolute atomic E-state index is 13.8. The number of carbonyl (C=O) groups excluding carboxylic acids is 1. The second-order valence-electron chi connectivity index (χ2n) is 6.57. The normalized spacial score (nSPS) is 11.0. The van der Waals surface area contributed by atoms with E-state index in [1.165, 1.54) is 18.2 Å². The quantitative estimate of drug-likeness (QED) is 0.330. The number of carbonyl (C=O) groups is 1. The Balaban J connectivity index is 1.59. The smallest absolute Gasteiger partial charge is 0.288 e. The molecule has 0 fully saturated rings. The third-order valence-electron chi connectivity index (χ3n) is 4.35. The van der Waals surface area contributed by atoms with Gasteiger partial charge in [0, 0.05) is 28.5 Å². The van der Waals surface area contributed by atoms with Crippen molar-refractivity contribution in [3.8, 4) is 17.1 Å². The zero-order chi connectivity index (χ0) is 23.2. The average Bonchev–Trinajstić information content (AvgIpc) is 3.24. The second-order valence-corrected chi connectivity index (χ2v) is 8.58. The summed E-state index contributed by atoms with van der Waals surface area (Å²) in [4.78, 5) is 16.9. The molecule has 0 spiro atoms. The molecule has 1 amide bonds. The van der Waals surface area contributed by atoms with Crippen LogP contribution in [0.2, 0.25) is 0 Å². The Kier molecular flexibility index (Phi) is 7.30. The fourth-order valence-electron chi connectivity index (χ4n) is 2.93. The molecule has 2 aromatic heterocycles. The number of pyridine rings is 1. The standard InChI is InChI=1S/C22H16F3N5OS2/c23-17-5-1-2-6-18(17)27-19(31)13-32-22-29-28-20(14-4-3-11-26-12-14)30(22)15-7-9-16(10-8-15)33-21(24)25/h1-12,21H,13H2,(H,27,31). The Morgan fingerprint density at radius 3 is 2.52 bits per heavy atom. The molecule has 4 aromatic rings. The number of amides is 1. The molecule has 2 heterocycles. The van der Waals surface area contributed by atoms with Crippen LogP contribution in [-0.4, -0.2) is 37.2 Å². The van der Waals surface area contributed by atoms with Crippen LogP contribution in [0.3, 0.4) is 0 Å². The third-order valence-corrected chi connectivity index (χ3v) is 6.00. The number of nitrogens with zero attached hydrogens (tertiary/aromatic N) is 4. The number of halogens is 3. The van der Waals surface area contributed by atoms with E-state index in [1.54, 1.807) is 53.4 Å². The summed E-state index contributed by atoms with van der Waals surface area (Å²) in [6.45, 7) is 0. The van der Waals surface area contributed by atoms with Gasteiger partial charge in [0.2, 0.25) is 5.91 Å². The van der Waals surface area contributed by atoms with Gasteiger partial charge in [0.15, 0.2) is 11.0 Å². The van der Waals surface area contributed by atoms with Crippen molar-refractivity contribution in [2.75, 3.05) is 11.1 Å². The van der Waals surface area contributed by atoms with Crippen molar-refractivity contribution in [1.29, 1.82) is 0 Å². The largest absolute Gasteiger partial charge is 0.323 e. The lowest BCUT2D eigenvalue weighted by molar-refractivity contribution is -0.113. The Bertz CT molecular complexity index is 1240. The molecule has 11 heteroatoms. The van der Waals surface area contributed by atoms with Crippen molar-refractivity contribution in [1.82, 2.24) is 19.7 Å². The zero-order valence-corrected chi connectivity index (χ0v) is 18.5. The maximum Gasteiger partial charge on any atom is 0.288 e. The first-order valence-electron chi connectivity index (χ1n) is 9.59. The van der Waals surface area contributed by atoms with Gasteiger partial charge in [-0.3, -0.25) is 14.3 Å². The van der Waals surface area contributed by atoms with Crippen molar-refractivity contribution in [2.45, 2.75) is 15.8 Å². The molecule has 0 atom stereocenters. The first-order chi connectivity index (χ1) is 16.0. The monoisotopic (exact) mass is 487 g/mol. The number of hydrogen-bond acceptors (Lipinski definition) is 6. The SMILES string of the molecule is O=C(CSc1nnc(-c2cccnc2)n1-c1ccc(SC(F)F)cc1)Nc1ccccc1F. The minimum absolute atomic E-state index is 0.0428. The molecule has 0 aliphatic heterocycles. The van der Waals surface area contributed by atoms with E-state index in [0.717, 1.165) is 11.8 Å². The fourth-order valence-corrected chi connectivity index (χ4v) is 4.18. The summed E-state index contributed by atoms with van der Waals surface area (Å²) >= 11 is 1.57. The lowest BCUT2D eigenvalue weighted by Gasteiger charge is -2.11. The summed E-state index contributed by atoms with van der Waals surface area (Å²) in [7, 11) is 0. The molecule has 168 valence electrons. The van der Waals surface area contributed by atoms with Crippen molar-refractivity contribution < 1.29 is 18.0 Å². The molecule has 6 nitrogen and oxygen atoms in total. The molecule has 2 aromatic carbocycles. The van der Waals surface area contributed by atoms with E-state index in [1.807, 2.05) is 6.07 Å². The molecular formula is C22H16F3N5OS2. The van der Waals surface area contributed by atoms with Gasteiger partial charge in [-0.2, -0.15) is 8.78 Å². The highest BCUT2D eigenvalue weighted by Gasteiger charge is 2.18. The molecule has 4 rings (SSSR count). The van der Waals surface area contributed by atoms with Crippen LogP contribution in [0.15, 0.2) is 83.1 Å². The molecule has 0 unspecified atom stereocenters. The Morgan fingerprint density at radius 1 is 1.03 bits per heavy atom. The van der Waals surface area contributed by atoms with Crippen LogP contribution in [0.25, 0.3) is 17.1 Å². The van der Waals surface area contributed by atoms with Gasteiger partial charge >= 0.3 is 0 Å². The van der Waals surface area contributed by atoms with E-state index in [-0.39, 0.29) is 11.4 Å². The lowest BCUT2D eigenvalue weighted by Crippen LogP contribution is -2.15. The van der Waals surface area contributed by atoms with Gasteiger partial charge in [-0.05, 0) is 48.5 Å². The average molecular weight is 488 g/mol. The number of nitrogens with one attached hydrogen (secondary N) is 1. The van der Waals surface area contributed by atoms with Crippen LogP contribution >= 0.6 is 23.5 Å². The van der Waals surface area contributed by atoms with Gasteiger partial charge in [-0.1, -0.05) is 35.7 Å². The number of aromatic nitrogens is 4. The number of anilines is 1. The van der Waals surface area contributed by atoms with Crippen LogP contribution in [-0.2, 0) is 4.79 Å². The number of rotatable bonds is 8. The highest BCUT2D eigenvalue weighted by Crippen LogP contribution is 2.30. The fraction of sp³-hybridized carbons (Fsp3) is 0.0909. The minimum Gasteiger partial charge on any atom is -0.323 e. The topological polar surface area (TPSA) is 72.7 Å². The van der Waals surface area contributed by atoms with Crippen LogP contribution in [0.1, 0.15) is 0 Å². The van der Waals surface area contributed by atoms with E-state index >= 15 is 0 Å². The number of thioether (sulfide) groups is 2. The molecule has 33 heavy (non-hydrogen) atoms.